The minimum atomic E-state index is -0.522. The van der Waals surface area contributed by atoms with Crippen LogP contribution in [0, 0.1) is 10.1 Å². The van der Waals surface area contributed by atoms with Crippen molar-refractivity contribution in [2.45, 2.75) is 19.6 Å². The number of nitro benzene ring substituents is 1. The van der Waals surface area contributed by atoms with Gasteiger partial charge in [-0.2, -0.15) is 0 Å². The van der Waals surface area contributed by atoms with Gasteiger partial charge in [0.15, 0.2) is 11.5 Å². The maximum Gasteiger partial charge on any atom is 0.294 e. The molecule has 1 fully saturated rings. The zero-order chi connectivity index (χ0) is 28.2. The second-order valence-electron chi connectivity index (χ2n) is 9.23. The Morgan fingerprint density at radius 1 is 1.05 bits per heavy atom. The summed E-state index contributed by atoms with van der Waals surface area (Å²) in [5.41, 5.74) is 3.47. The predicted molar refractivity (Wildman–Crippen MR) is 149 cm³/mol. The summed E-state index contributed by atoms with van der Waals surface area (Å²) in [6, 6.07) is 19.1. The fourth-order valence-corrected chi connectivity index (χ4v) is 5.38. The third kappa shape index (κ3) is 5.84. The van der Waals surface area contributed by atoms with Gasteiger partial charge in [0.25, 0.3) is 16.8 Å². The zero-order valence-corrected chi connectivity index (χ0v) is 22.4. The van der Waals surface area contributed by atoms with Crippen molar-refractivity contribution in [3.05, 3.63) is 104 Å². The molecule has 40 heavy (non-hydrogen) atoms. The van der Waals surface area contributed by atoms with E-state index in [1.807, 2.05) is 24.3 Å². The van der Waals surface area contributed by atoms with Gasteiger partial charge < -0.3 is 14.4 Å². The molecule has 0 aliphatic carbocycles. The second kappa shape index (κ2) is 11.6. The van der Waals surface area contributed by atoms with Gasteiger partial charge >= 0.3 is 0 Å². The van der Waals surface area contributed by atoms with Gasteiger partial charge in [-0.1, -0.05) is 42.5 Å². The number of nitrogens with zero attached hydrogens (tertiary/aromatic N) is 3. The van der Waals surface area contributed by atoms with Crippen LogP contribution in [0.2, 0.25) is 0 Å². The van der Waals surface area contributed by atoms with E-state index >= 15 is 0 Å². The molecule has 5 rings (SSSR count). The number of methoxy groups -OCH3 is 1. The van der Waals surface area contributed by atoms with Crippen LogP contribution < -0.4 is 9.47 Å². The molecule has 0 aromatic heterocycles. The van der Waals surface area contributed by atoms with Gasteiger partial charge in [0.1, 0.15) is 13.2 Å². The van der Waals surface area contributed by atoms with Crippen LogP contribution >= 0.6 is 11.8 Å². The first-order valence-electron chi connectivity index (χ1n) is 12.5. The van der Waals surface area contributed by atoms with Crippen molar-refractivity contribution in [2.75, 3.05) is 20.2 Å². The topological polar surface area (TPSA) is 119 Å². The molecule has 0 unspecified atom stereocenters. The lowest BCUT2D eigenvalue weighted by atomic mass is 10.00. The van der Waals surface area contributed by atoms with Gasteiger partial charge in [0.05, 0.1) is 16.9 Å². The summed E-state index contributed by atoms with van der Waals surface area (Å²) in [7, 11) is 1.47. The zero-order valence-electron chi connectivity index (χ0n) is 21.6. The Labute approximate surface area is 234 Å². The molecular weight excluding hydrogens is 534 g/mol. The molecule has 3 aromatic carbocycles. The maximum atomic E-state index is 13.0. The van der Waals surface area contributed by atoms with Crippen molar-refractivity contribution in [1.82, 2.24) is 9.80 Å². The van der Waals surface area contributed by atoms with E-state index in [9.17, 15) is 24.5 Å². The van der Waals surface area contributed by atoms with Gasteiger partial charge in [-0.25, -0.2) is 0 Å². The van der Waals surface area contributed by atoms with Gasteiger partial charge in [0, 0.05) is 25.2 Å². The minimum absolute atomic E-state index is 0.0275. The second-order valence-corrected chi connectivity index (χ2v) is 10.2. The number of carbonyl (C=O) groups is 3. The normalized spacial score (nSPS) is 15.8. The highest BCUT2D eigenvalue weighted by molar-refractivity contribution is 8.18. The first-order chi connectivity index (χ1) is 19.3. The Kier molecular flexibility index (Phi) is 7.83. The van der Waals surface area contributed by atoms with Crippen LogP contribution in [0.1, 0.15) is 22.3 Å². The van der Waals surface area contributed by atoms with Crippen molar-refractivity contribution in [1.29, 1.82) is 0 Å². The first kappa shape index (κ1) is 26.9. The number of non-ortho nitro benzene ring substituents is 1. The molecule has 2 heterocycles. The van der Waals surface area contributed by atoms with Gasteiger partial charge in [-0.05, 0) is 58.6 Å². The van der Waals surface area contributed by atoms with Crippen LogP contribution in [0.4, 0.5) is 10.5 Å². The monoisotopic (exact) mass is 559 g/mol. The van der Waals surface area contributed by atoms with E-state index in [-0.39, 0.29) is 29.7 Å². The number of ether oxygens (including phenoxy) is 2. The largest absolute Gasteiger partial charge is 0.493 e. The molecule has 0 radical (unpaired) electrons. The van der Waals surface area contributed by atoms with Crippen molar-refractivity contribution in [3.63, 3.8) is 0 Å². The Balaban J connectivity index is 1.24. The number of benzene rings is 3. The van der Waals surface area contributed by atoms with Gasteiger partial charge in [-0.3, -0.25) is 29.4 Å². The Morgan fingerprint density at radius 3 is 2.62 bits per heavy atom. The molecule has 2 aliphatic heterocycles. The number of nitro groups is 1. The van der Waals surface area contributed by atoms with Crippen LogP contribution in [0.15, 0.2) is 71.6 Å². The van der Waals surface area contributed by atoms with E-state index in [1.165, 1.54) is 24.8 Å². The average Bonchev–Trinajstić information content (AvgIpc) is 3.23. The number of hydrogen-bond acceptors (Lipinski definition) is 8. The highest BCUT2D eigenvalue weighted by Gasteiger charge is 2.37. The number of carbonyl (C=O) groups excluding carboxylic acids is 3. The Bertz CT molecular complexity index is 1540. The fraction of sp³-hybridized carbons (Fsp3) is 0.207. The first-order valence-corrected chi connectivity index (χ1v) is 13.3. The van der Waals surface area contributed by atoms with E-state index < -0.39 is 16.1 Å². The average molecular weight is 560 g/mol. The molecule has 0 saturated carbocycles. The van der Waals surface area contributed by atoms with Crippen molar-refractivity contribution in [2.24, 2.45) is 0 Å². The molecule has 11 heteroatoms. The molecule has 0 bridgehead atoms. The molecule has 0 atom stereocenters. The highest BCUT2D eigenvalue weighted by atomic mass is 32.2. The molecule has 3 aromatic rings. The van der Waals surface area contributed by atoms with Crippen molar-refractivity contribution < 1.29 is 28.8 Å². The standard InChI is InChI=1S/C29H25N3O7S/c1-38-25-14-19(9-10-24(25)39-18-20-5-4-8-23(13-20)32(36)37)15-26-28(34)31(29(35)40-26)17-27(33)30-12-11-21-6-2-3-7-22(21)16-30/h2-10,13-15H,11-12,16-18H2,1H3/b26-15+. The quantitative estimate of drug-likeness (QED) is 0.219. The molecule has 1 saturated heterocycles. The fourth-order valence-electron chi connectivity index (χ4n) is 4.55. The molecule has 0 N–H and O–H groups in total. The van der Waals surface area contributed by atoms with Crippen LogP contribution in [-0.4, -0.2) is 52.0 Å². The summed E-state index contributed by atoms with van der Waals surface area (Å²) in [6.45, 7) is 0.776. The summed E-state index contributed by atoms with van der Waals surface area (Å²) < 4.78 is 11.2. The third-order valence-corrected chi connectivity index (χ3v) is 7.56. The SMILES string of the molecule is COc1cc(/C=C2/SC(=O)N(CC(=O)N3CCc4ccccc4C3)C2=O)ccc1OCc1cccc([N+](=O)[O-])c1. The Hall–Kier alpha value is -4.64. The van der Waals surface area contributed by atoms with E-state index in [0.717, 1.165) is 28.6 Å². The van der Waals surface area contributed by atoms with Crippen LogP contribution in [0.5, 0.6) is 11.5 Å². The van der Waals surface area contributed by atoms with Gasteiger partial charge in [0.2, 0.25) is 5.91 Å². The Morgan fingerprint density at radius 2 is 1.85 bits per heavy atom. The highest BCUT2D eigenvalue weighted by Crippen LogP contribution is 2.35. The minimum Gasteiger partial charge on any atom is -0.493 e. The van der Waals surface area contributed by atoms with Crippen LogP contribution in [0.3, 0.4) is 0 Å². The number of fused-ring (bicyclic) bond motifs is 1. The summed E-state index contributed by atoms with van der Waals surface area (Å²) in [6.07, 6.45) is 2.30. The number of amides is 3. The number of rotatable bonds is 8. The summed E-state index contributed by atoms with van der Waals surface area (Å²) in [4.78, 5) is 52.0. The van der Waals surface area contributed by atoms with Crippen LogP contribution in [-0.2, 0) is 29.2 Å². The molecule has 0 spiro atoms. The smallest absolute Gasteiger partial charge is 0.294 e. The van der Waals surface area contributed by atoms with E-state index in [2.05, 4.69) is 0 Å². The van der Waals surface area contributed by atoms with E-state index in [1.54, 1.807) is 41.3 Å². The summed E-state index contributed by atoms with van der Waals surface area (Å²) >= 11 is 0.783. The molecule has 10 nitrogen and oxygen atoms in total. The molecule has 204 valence electrons. The molecular formula is C29H25N3O7S. The lowest BCUT2D eigenvalue weighted by molar-refractivity contribution is -0.384. The summed E-state index contributed by atoms with van der Waals surface area (Å²) in [5.74, 6) is 0.00243. The molecule has 2 aliphatic rings. The van der Waals surface area contributed by atoms with Crippen molar-refractivity contribution >= 4 is 40.6 Å². The maximum absolute atomic E-state index is 13.0. The summed E-state index contributed by atoms with van der Waals surface area (Å²) in [5, 5.41) is 10.5. The van der Waals surface area contributed by atoms with Crippen molar-refractivity contribution in [3.8, 4) is 11.5 Å². The van der Waals surface area contributed by atoms with E-state index in [0.29, 0.717) is 35.7 Å². The van der Waals surface area contributed by atoms with E-state index in [4.69, 9.17) is 9.47 Å². The van der Waals surface area contributed by atoms with Crippen LogP contribution in [0.25, 0.3) is 6.08 Å². The number of imide groups is 1. The number of hydrogen-bond donors (Lipinski definition) is 0. The molecule has 3 amide bonds. The van der Waals surface area contributed by atoms with Gasteiger partial charge in [-0.15, -0.1) is 0 Å². The lowest BCUT2D eigenvalue weighted by Gasteiger charge is -2.29. The predicted octanol–water partition coefficient (Wildman–Crippen LogP) is 4.80. The third-order valence-electron chi connectivity index (χ3n) is 6.65. The lowest BCUT2D eigenvalue weighted by Crippen LogP contribution is -2.44. The number of thioether (sulfide) groups is 1.